The van der Waals surface area contributed by atoms with Crippen LogP contribution in [0, 0.1) is 6.92 Å². The predicted octanol–water partition coefficient (Wildman–Crippen LogP) is 2.95. The number of hydrogen-bond acceptors (Lipinski definition) is 4. The highest BCUT2D eigenvalue weighted by Gasteiger charge is 2.55. The van der Waals surface area contributed by atoms with Gasteiger partial charge in [-0.2, -0.15) is 0 Å². The number of esters is 1. The normalized spacial score (nSPS) is 20.7. The minimum Gasteiger partial charge on any atom is -0.425 e. The summed E-state index contributed by atoms with van der Waals surface area (Å²) >= 11 is 5.96. The maximum atomic E-state index is 13.0. The van der Waals surface area contributed by atoms with Gasteiger partial charge in [-0.3, -0.25) is 9.69 Å². The van der Waals surface area contributed by atoms with Gasteiger partial charge >= 0.3 is 12.0 Å². The number of urea groups is 1. The summed E-state index contributed by atoms with van der Waals surface area (Å²) < 4.78 is 5.26. The topological polar surface area (TPSA) is 75.7 Å². The molecular formula is C20H17ClN2O4. The Balaban J connectivity index is 1.52. The Hall–Kier alpha value is -2.86. The Morgan fingerprint density at radius 3 is 2.81 bits per heavy atom. The first-order chi connectivity index (χ1) is 12.9. The highest BCUT2D eigenvalue weighted by atomic mass is 35.5. The molecule has 1 heterocycles. The number of aryl methyl sites for hydroxylation is 2. The molecule has 27 heavy (non-hydrogen) atoms. The van der Waals surface area contributed by atoms with Gasteiger partial charge in [0.15, 0.2) is 0 Å². The second-order valence-electron chi connectivity index (χ2n) is 6.77. The van der Waals surface area contributed by atoms with E-state index >= 15 is 0 Å². The molecule has 4 rings (SSSR count). The highest BCUT2D eigenvalue weighted by Crippen LogP contribution is 2.41. The van der Waals surface area contributed by atoms with Gasteiger partial charge in [0.1, 0.15) is 17.8 Å². The van der Waals surface area contributed by atoms with Crippen LogP contribution in [0.1, 0.15) is 23.1 Å². The molecule has 0 saturated carbocycles. The fourth-order valence-electron chi connectivity index (χ4n) is 3.71. The van der Waals surface area contributed by atoms with Crippen LogP contribution < -0.4 is 10.1 Å². The Morgan fingerprint density at radius 1 is 1.26 bits per heavy atom. The van der Waals surface area contributed by atoms with E-state index in [-0.39, 0.29) is 0 Å². The number of nitrogens with zero attached hydrogens (tertiary/aromatic N) is 1. The third kappa shape index (κ3) is 2.86. The van der Waals surface area contributed by atoms with Crippen molar-refractivity contribution in [3.63, 3.8) is 0 Å². The van der Waals surface area contributed by atoms with E-state index in [1.54, 1.807) is 25.1 Å². The molecule has 1 fully saturated rings. The van der Waals surface area contributed by atoms with Gasteiger partial charge in [0.05, 0.1) is 0 Å². The number of fused-ring (bicyclic) bond motifs is 2. The smallest absolute Gasteiger partial charge is 0.331 e. The molecule has 2 aromatic rings. The van der Waals surface area contributed by atoms with Crippen LogP contribution in [-0.2, 0) is 21.5 Å². The summed E-state index contributed by atoms with van der Waals surface area (Å²) in [6.07, 6.45) is 1.18. The maximum absolute atomic E-state index is 13.0. The Kier molecular flexibility index (Phi) is 4.15. The van der Waals surface area contributed by atoms with E-state index in [0.717, 1.165) is 21.6 Å². The van der Waals surface area contributed by atoms with Crippen LogP contribution in [-0.4, -0.2) is 29.4 Å². The van der Waals surface area contributed by atoms with Crippen molar-refractivity contribution < 1.29 is 19.1 Å². The maximum Gasteiger partial charge on any atom is 0.331 e. The first kappa shape index (κ1) is 17.5. The van der Waals surface area contributed by atoms with Crippen molar-refractivity contribution in [2.24, 2.45) is 0 Å². The molecule has 1 N–H and O–H groups in total. The van der Waals surface area contributed by atoms with Gasteiger partial charge < -0.3 is 10.1 Å². The van der Waals surface area contributed by atoms with Gasteiger partial charge in [0.2, 0.25) is 0 Å². The van der Waals surface area contributed by atoms with Gasteiger partial charge in [-0.05, 0) is 54.7 Å². The molecule has 1 unspecified atom stereocenters. The van der Waals surface area contributed by atoms with E-state index in [9.17, 15) is 14.4 Å². The third-order valence-corrected chi connectivity index (χ3v) is 5.49. The zero-order chi connectivity index (χ0) is 19.2. The van der Waals surface area contributed by atoms with E-state index in [0.29, 0.717) is 23.6 Å². The summed E-state index contributed by atoms with van der Waals surface area (Å²) in [5.74, 6) is -0.792. The van der Waals surface area contributed by atoms with E-state index < -0.39 is 30.0 Å². The molecule has 0 aromatic heterocycles. The number of imide groups is 1. The second kappa shape index (κ2) is 6.39. The number of halogens is 1. The fraction of sp³-hybridized carbons (Fsp3) is 0.250. The molecule has 1 atom stereocenters. The number of amides is 3. The average molecular weight is 385 g/mol. The summed E-state index contributed by atoms with van der Waals surface area (Å²) in [7, 11) is 0. The van der Waals surface area contributed by atoms with Gasteiger partial charge in [0, 0.05) is 5.02 Å². The van der Waals surface area contributed by atoms with Crippen molar-refractivity contribution in [2.45, 2.75) is 25.3 Å². The summed E-state index contributed by atoms with van der Waals surface area (Å²) in [6, 6.07) is 11.8. The quantitative estimate of drug-likeness (QED) is 0.501. The Labute approximate surface area is 161 Å². The largest absolute Gasteiger partial charge is 0.425 e. The molecule has 2 aromatic carbocycles. The lowest BCUT2D eigenvalue weighted by molar-refractivity contribution is -0.141. The molecule has 1 saturated heterocycles. The highest BCUT2D eigenvalue weighted by molar-refractivity contribution is 6.31. The zero-order valence-electron chi connectivity index (χ0n) is 14.6. The van der Waals surface area contributed by atoms with Gasteiger partial charge in [0.25, 0.3) is 5.91 Å². The van der Waals surface area contributed by atoms with Crippen molar-refractivity contribution in [1.82, 2.24) is 10.2 Å². The third-order valence-electron chi connectivity index (χ3n) is 5.07. The zero-order valence-corrected chi connectivity index (χ0v) is 15.4. The van der Waals surface area contributed by atoms with Crippen molar-refractivity contribution in [1.29, 1.82) is 0 Å². The minimum atomic E-state index is -1.08. The summed E-state index contributed by atoms with van der Waals surface area (Å²) in [4.78, 5) is 38.6. The van der Waals surface area contributed by atoms with Crippen LogP contribution in [0.15, 0.2) is 42.5 Å². The van der Waals surface area contributed by atoms with E-state index in [2.05, 4.69) is 5.32 Å². The van der Waals surface area contributed by atoms with Gasteiger partial charge in [-0.15, -0.1) is 0 Å². The summed E-state index contributed by atoms with van der Waals surface area (Å²) in [5, 5.41) is 3.34. The molecule has 6 nitrogen and oxygen atoms in total. The summed E-state index contributed by atoms with van der Waals surface area (Å²) in [6.45, 7) is 1.34. The van der Waals surface area contributed by atoms with Crippen LogP contribution in [0.25, 0.3) is 0 Å². The molecule has 2 aliphatic rings. The molecule has 3 amide bonds. The lowest BCUT2D eigenvalue weighted by atomic mass is 9.92. The molecule has 1 aliphatic carbocycles. The van der Waals surface area contributed by atoms with Crippen molar-refractivity contribution >= 4 is 29.5 Å². The molecular weight excluding hydrogens is 368 g/mol. The second-order valence-corrected chi connectivity index (χ2v) is 7.18. The number of rotatable bonds is 3. The predicted molar refractivity (Wildman–Crippen MR) is 98.5 cm³/mol. The Morgan fingerprint density at radius 2 is 2.04 bits per heavy atom. The standard InChI is InChI=1S/C20H17ClN2O4/c1-12-10-14(6-7-16(12)21)27-17(24)11-23-18(25)20(22-19(23)26)9-8-13-4-2-3-5-15(13)20/h2-7,10H,8-9,11H2,1H3,(H,22,26). The Bertz CT molecular complexity index is 974. The van der Waals surface area contributed by atoms with Crippen LogP contribution in [0.4, 0.5) is 4.79 Å². The molecule has 1 spiro atoms. The summed E-state index contributed by atoms with van der Waals surface area (Å²) in [5.41, 5.74) is 1.52. The number of carbonyl (C=O) groups excluding carboxylic acids is 3. The lowest BCUT2D eigenvalue weighted by Gasteiger charge is -2.22. The monoisotopic (exact) mass is 384 g/mol. The molecule has 1 aliphatic heterocycles. The lowest BCUT2D eigenvalue weighted by Crippen LogP contribution is -2.42. The van der Waals surface area contributed by atoms with Gasteiger partial charge in [-0.1, -0.05) is 35.9 Å². The SMILES string of the molecule is Cc1cc(OC(=O)CN2C(=O)NC3(CCc4ccccc43)C2=O)ccc1Cl. The van der Waals surface area contributed by atoms with E-state index in [4.69, 9.17) is 16.3 Å². The molecule has 0 bridgehead atoms. The van der Waals surface area contributed by atoms with E-state index in [1.165, 1.54) is 0 Å². The van der Waals surface area contributed by atoms with Crippen LogP contribution in [0.5, 0.6) is 5.75 Å². The molecule has 7 heteroatoms. The number of nitrogens with one attached hydrogen (secondary N) is 1. The van der Waals surface area contributed by atoms with Crippen molar-refractivity contribution in [2.75, 3.05) is 6.54 Å². The molecule has 138 valence electrons. The molecule has 0 radical (unpaired) electrons. The van der Waals surface area contributed by atoms with Crippen molar-refractivity contribution in [3.8, 4) is 5.75 Å². The number of benzene rings is 2. The van der Waals surface area contributed by atoms with Crippen LogP contribution in [0.3, 0.4) is 0 Å². The number of carbonyl (C=O) groups is 3. The average Bonchev–Trinajstić information content (AvgIpc) is 3.12. The van der Waals surface area contributed by atoms with Crippen molar-refractivity contribution in [3.05, 3.63) is 64.2 Å². The number of ether oxygens (including phenoxy) is 1. The van der Waals surface area contributed by atoms with Crippen LogP contribution in [0.2, 0.25) is 5.02 Å². The first-order valence-corrected chi connectivity index (χ1v) is 8.98. The van der Waals surface area contributed by atoms with E-state index in [1.807, 2.05) is 24.3 Å². The fourth-order valence-corrected chi connectivity index (χ4v) is 3.82. The van der Waals surface area contributed by atoms with Crippen LogP contribution >= 0.6 is 11.6 Å². The van der Waals surface area contributed by atoms with Gasteiger partial charge in [-0.25, -0.2) is 9.59 Å². The number of hydrogen-bond donors (Lipinski definition) is 1. The minimum absolute atomic E-state index is 0.315. The first-order valence-electron chi connectivity index (χ1n) is 8.60.